The molecule has 1 aliphatic heterocycles. The molecule has 1 aliphatic carbocycles. The average Bonchev–Trinajstić information content (AvgIpc) is 3.18. The quantitative estimate of drug-likeness (QED) is 0.619. The second-order valence-electron chi connectivity index (χ2n) is 8.77. The number of nitrogens with zero attached hydrogens (tertiary/aromatic N) is 1. The van der Waals surface area contributed by atoms with E-state index in [1.807, 2.05) is 36.4 Å². The summed E-state index contributed by atoms with van der Waals surface area (Å²) < 4.78 is 10.7. The molecular weight excluding hydrogens is 436 g/mol. The molecule has 2 amide bonds. The van der Waals surface area contributed by atoms with Crippen LogP contribution < -0.4 is 5.32 Å². The summed E-state index contributed by atoms with van der Waals surface area (Å²) >= 11 is 0. The van der Waals surface area contributed by atoms with Crippen LogP contribution in [-0.2, 0) is 19.1 Å². The highest BCUT2D eigenvalue weighted by Gasteiger charge is 2.33. The van der Waals surface area contributed by atoms with Gasteiger partial charge in [-0.3, -0.25) is 9.59 Å². The largest absolute Gasteiger partial charge is 0.481 e. The van der Waals surface area contributed by atoms with Crippen molar-refractivity contribution in [3.05, 3.63) is 59.7 Å². The number of amides is 2. The molecule has 8 nitrogen and oxygen atoms in total. The Hall–Kier alpha value is -3.39. The van der Waals surface area contributed by atoms with Crippen molar-refractivity contribution in [2.24, 2.45) is 5.92 Å². The first kappa shape index (κ1) is 23.8. The van der Waals surface area contributed by atoms with E-state index in [4.69, 9.17) is 9.47 Å². The van der Waals surface area contributed by atoms with Gasteiger partial charge >= 0.3 is 12.1 Å². The number of likely N-dealkylation sites (tertiary alicyclic amines) is 1. The number of ether oxygens (including phenoxy) is 2. The Morgan fingerprint density at radius 2 is 1.74 bits per heavy atom. The van der Waals surface area contributed by atoms with Gasteiger partial charge in [0, 0.05) is 39.1 Å². The maximum Gasteiger partial charge on any atom is 0.407 e. The van der Waals surface area contributed by atoms with Crippen LogP contribution in [0.1, 0.15) is 36.3 Å². The maximum atomic E-state index is 13.1. The second-order valence-corrected chi connectivity index (χ2v) is 8.77. The number of nitrogens with one attached hydrogen (secondary N) is 1. The van der Waals surface area contributed by atoms with Gasteiger partial charge in [0.05, 0.1) is 5.92 Å². The van der Waals surface area contributed by atoms with Crippen molar-refractivity contribution in [3.8, 4) is 11.1 Å². The Bertz CT molecular complexity index is 1010. The summed E-state index contributed by atoms with van der Waals surface area (Å²) in [7, 11) is 1.52. The predicted octanol–water partition coefficient (Wildman–Crippen LogP) is 3.25. The molecule has 2 atom stereocenters. The molecule has 2 aliphatic rings. The predicted molar refractivity (Wildman–Crippen MR) is 125 cm³/mol. The highest BCUT2D eigenvalue weighted by Crippen LogP contribution is 2.44. The lowest BCUT2D eigenvalue weighted by atomic mass is 9.97. The molecule has 2 aromatic rings. The number of aliphatic carboxylic acids is 1. The molecule has 4 rings (SSSR count). The monoisotopic (exact) mass is 466 g/mol. The van der Waals surface area contributed by atoms with Gasteiger partial charge in [-0.25, -0.2) is 4.79 Å². The maximum absolute atomic E-state index is 13.1. The summed E-state index contributed by atoms with van der Waals surface area (Å²) in [5.74, 6) is -1.88. The van der Waals surface area contributed by atoms with Crippen LogP contribution in [0.15, 0.2) is 48.5 Å². The van der Waals surface area contributed by atoms with Gasteiger partial charge in [-0.05, 0) is 35.1 Å². The van der Waals surface area contributed by atoms with Crippen molar-refractivity contribution < 1.29 is 29.0 Å². The minimum atomic E-state index is -0.907. The zero-order chi connectivity index (χ0) is 24.1. The lowest BCUT2D eigenvalue weighted by Crippen LogP contribution is -2.52. The molecule has 1 fully saturated rings. The molecule has 2 aromatic carbocycles. The Morgan fingerprint density at radius 1 is 1.09 bits per heavy atom. The molecule has 2 unspecified atom stereocenters. The summed E-state index contributed by atoms with van der Waals surface area (Å²) in [5.41, 5.74) is 4.49. The number of piperidine rings is 1. The molecule has 8 heteroatoms. The van der Waals surface area contributed by atoms with Gasteiger partial charge in [-0.1, -0.05) is 48.5 Å². The Balaban J connectivity index is 1.41. The summed E-state index contributed by atoms with van der Waals surface area (Å²) in [6, 6.07) is 15.3. The van der Waals surface area contributed by atoms with E-state index in [9.17, 15) is 19.5 Å². The van der Waals surface area contributed by atoms with Gasteiger partial charge in [-0.2, -0.15) is 0 Å². The van der Waals surface area contributed by atoms with Crippen LogP contribution in [0.4, 0.5) is 4.79 Å². The van der Waals surface area contributed by atoms with Gasteiger partial charge in [0.1, 0.15) is 12.6 Å². The van der Waals surface area contributed by atoms with E-state index < -0.39 is 24.0 Å². The molecule has 0 bridgehead atoms. The minimum absolute atomic E-state index is 0.0790. The first-order valence-electron chi connectivity index (χ1n) is 11.6. The fourth-order valence-electron chi connectivity index (χ4n) is 4.87. The number of hydrogen-bond donors (Lipinski definition) is 2. The number of hydrogen-bond acceptors (Lipinski definition) is 5. The summed E-state index contributed by atoms with van der Waals surface area (Å²) in [5, 5.41) is 12.0. The zero-order valence-corrected chi connectivity index (χ0v) is 19.2. The van der Waals surface area contributed by atoms with E-state index in [0.29, 0.717) is 19.4 Å². The molecule has 2 N–H and O–H groups in total. The molecule has 0 aromatic heterocycles. The van der Waals surface area contributed by atoms with Crippen LogP contribution in [0.2, 0.25) is 0 Å². The standard InChI is InChI=1S/C26H30N2O6/c1-33-14-12-23(24(29)28-13-6-7-17(15-28)25(30)31)27-26(32)34-16-22-20-10-4-2-8-18(20)19-9-3-5-11-21(19)22/h2-5,8-11,17,22-23H,6-7,12-16H2,1H3,(H,27,32)(H,30,31). The number of carboxylic acids is 1. The van der Waals surface area contributed by atoms with Crippen LogP contribution in [0.3, 0.4) is 0 Å². The molecule has 0 saturated carbocycles. The van der Waals surface area contributed by atoms with Gasteiger partial charge in [0.15, 0.2) is 0 Å². The summed E-state index contributed by atoms with van der Waals surface area (Å²) in [6.07, 6.45) is 0.753. The molecule has 1 saturated heterocycles. The number of rotatable bonds is 8. The Labute approximate surface area is 198 Å². The van der Waals surface area contributed by atoms with E-state index in [1.54, 1.807) is 0 Å². The number of fused-ring (bicyclic) bond motifs is 3. The van der Waals surface area contributed by atoms with Gasteiger partial charge < -0.3 is 24.8 Å². The molecule has 34 heavy (non-hydrogen) atoms. The fourth-order valence-corrected chi connectivity index (χ4v) is 4.87. The van der Waals surface area contributed by atoms with Gasteiger partial charge in [-0.15, -0.1) is 0 Å². The average molecular weight is 467 g/mol. The van der Waals surface area contributed by atoms with E-state index in [2.05, 4.69) is 17.4 Å². The van der Waals surface area contributed by atoms with Gasteiger partial charge in [0.2, 0.25) is 5.91 Å². The van der Waals surface area contributed by atoms with Gasteiger partial charge in [0.25, 0.3) is 0 Å². The lowest BCUT2D eigenvalue weighted by Gasteiger charge is -2.33. The first-order chi connectivity index (χ1) is 16.5. The van der Waals surface area contributed by atoms with Crippen molar-refractivity contribution in [2.45, 2.75) is 31.2 Å². The summed E-state index contributed by atoms with van der Waals surface area (Å²) in [4.78, 5) is 38.7. The normalized spacial score (nSPS) is 18.0. The number of carboxylic acid groups (broad SMARTS) is 1. The zero-order valence-electron chi connectivity index (χ0n) is 19.2. The molecule has 0 radical (unpaired) electrons. The van der Waals surface area contributed by atoms with E-state index in [0.717, 1.165) is 22.3 Å². The van der Waals surface area contributed by atoms with Crippen LogP contribution >= 0.6 is 0 Å². The topological polar surface area (TPSA) is 105 Å². The first-order valence-corrected chi connectivity index (χ1v) is 11.6. The van der Waals surface area contributed by atoms with Crippen LogP contribution in [0.5, 0.6) is 0 Å². The van der Waals surface area contributed by atoms with Crippen molar-refractivity contribution in [2.75, 3.05) is 33.4 Å². The highest BCUT2D eigenvalue weighted by atomic mass is 16.5. The molecular formula is C26H30N2O6. The molecule has 1 heterocycles. The fraction of sp³-hybridized carbons (Fsp3) is 0.423. The van der Waals surface area contributed by atoms with Crippen molar-refractivity contribution >= 4 is 18.0 Å². The number of carbonyl (C=O) groups excluding carboxylic acids is 2. The molecule has 180 valence electrons. The van der Waals surface area contributed by atoms with Crippen LogP contribution in [0.25, 0.3) is 11.1 Å². The third-order valence-electron chi connectivity index (χ3n) is 6.63. The third kappa shape index (κ3) is 5.07. The SMILES string of the molecule is COCCC(NC(=O)OCC1c2ccccc2-c2ccccc21)C(=O)N1CCCC(C(=O)O)C1. The number of benzene rings is 2. The smallest absolute Gasteiger partial charge is 0.407 e. The van der Waals surface area contributed by atoms with Crippen molar-refractivity contribution in [1.82, 2.24) is 10.2 Å². The third-order valence-corrected chi connectivity index (χ3v) is 6.63. The van der Waals surface area contributed by atoms with E-state index >= 15 is 0 Å². The highest BCUT2D eigenvalue weighted by molar-refractivity contribution is 5.86. The lowest BCUT2D eigenvalue weighted by molar-refractivity contribution is -0.146. The van der Waals surface area contributed by atoms with Crippen LogP contribution in [0, 0.1) is 5.92 Å². The Morgan fingerprint density at radius 3 is 2.35 bits per heavy atom. The van der Waals surface area contributed by atoms with Crippen LogP contribution in [-0.4, -0.2) is 67.4 Å². The number of alkyl carbamates (subject to hydrolysis) is 1. The Kier molecular flexibility index (Phi) is 7.47. The summed E-state index contributed by atoms with van der Waals surface area (Å²) in [6.45, 7) is 1.04. The number of carbonyl (C=O) groups is 3. The van der Waals surface area contributed by atoms with E-state index in [-0.39, 0.29) is 38.0 Å². The minimum Gasteiger partial charge on any atom is -0.481 e. The van der Waals surface area contributed by atoms with Crippen molar-refractivity contribution in [3.63, 3.8) is 0 Å². The number of methoxy groups -OCH3 is 1. The van der Waals surface area contributed by atoms with E-state index in [1.165, 1.54) is 12.0 Å². The second kappa shape index (κ2) is 10.7. The van der Waals surface area contributed by atoms with Crippen molar-refractivity contribution in [1.29, 1.82) is 0 Å². The molecule has 0 spiro atoms.